The van der Waals surface area contributed by atoms with Gasteiger partial charge in [-0.25, -0.2) is 23.1 Å². The van der Waals surface area contributed by atoms with Crippen LogP contribution in [0.3, 0.4) is 0 Å². The molecular weight excluding hydrogens is 435 g/mol. The van der Waals surface area contributed by atoms with Gasteiger partial charge in [0.25, 0.3) is 15.9 Å². The minimum absolute atomic E-state index is 0.000883. The number of nitrogens with one attached hydrogen (secondary N) is 2. The second-order valence-corrected chi connectivity index (χ2v) is 8.71. The summed E-state index contributed by atoms with van der Waals surface area (Å²) in [6.45, 7) is 3.49. The fraction of sp³-hybridized carbons (Fsp3) is 0.105. The third kappa shape index (κ3) is 5.23. The van der Waals surface area contributed by atoms with Crippen molar-refractivity contribution in [3.8, 4) is 0 Å². The molecule has 0 saturated heterocycles. The van der Waals surface area contributed by atoms with Crippen molar-refractivity contribution >= 4 is 50.8 Å². The fourth-order valence-corrected chi connectivity index (χ4v) is 3.86. The number of amides is 1. The number of carbonyl (C=O) groups excluding carboxylic acids is 1. The normalized spacial score (nSPS) is 11.2. The first-order chi connectivity index (χ1) is 13.6. The smallest absolute Gasteiger partial charge is 0.264 e. The van der Waals surface area contributed by atoms with Gasteiger partial charge in [0.15, 0.2) is 0 Å². The molecule has 0 unspecified atom stereocenters. The molecule has 1 amide bonds. The van der Waals surface area contributed by atoms with Crippen LogP contribution in [0.2, 0.25) is 10.0 Å². The Morgan fingerprint density at radius 2 is 1.55 bits per heavy atom. The molecule has 3 rings (SSSR count). The molecule has 2 N–H and O–H groups in total. The molecule has 10 heteroatoms. The number of benzene rings is 2. The maximum atomic E-state index is 12.6. The van der Waals surface area contributed by atoms with E-state index in [-0.39, 0.29) is 21.4 Å². The molecule has 0 spiro atoms. The molecule has 0 saturated carbocycles. The van der Waals surface area contributed by atoms with E-state index in [1.54, 1.807) is 26.0 Å². The SMILES string of the molecule is Cc1cc(C)nc(NS(=O)(=O)c2ccc(NC(=O)c3cc(Cl)ccc3Cl)cc2)n1. The quantitative estimate of drug-likeness (QED) is 0.597. The van der Waals surface area contributed by atoms with Gasteiger partial charge in [-0.15, -0.1) is 0 Å². The van der Waals surface area contributed by atoms with Crippen LogP contribution in [0.4, 0.5) is 11.6 Å². The van der Waals surface area contributed by atoms with Crippen molar-refractivity contribution in [3.05, 3.63) is 75.5 Å². The predicted octanol–water partition coefficient (Wildman–Crippen LogP) is 4.45. The summed E-state index contributed by atoms with van der Waals surface area (Å²) in [5, 5.41) is 3.28. The third-order valence-electron chi connectivity index (χ3n) is 3.80. The number of aromatic nitrogens is 2. The second-order valence-electron chi connectivity index (χ2n) is 6.18. The molecule has 3 aromatic rings. The Bertz CT molecular complexity index is 1160. The van der Waals surface area contributed by atoms with Gasteiger partial charge in [0, 0.05) is 22.1 Å². The van der Waals surface area contributed by atoms with E-state index in [2.05, 4.69) is 20.0 Å². The first-order valence-corrected chi connectivity index (χ1v) is 10.6. The van der Waals surface area contributed by atoms with E-state index in [4.69, 9.17) is 23.2 Å². The van der Waals surface area contributed by atoms with Gasteiger partial charge in [0.2, 0.25) is 5.95 Å². The summed E-state index contributed by atoms with van der Waals surface area (Å²) in [6, 6.07) is 11.9. The summed E-state index contributed by atoms with van der Waals surface area (Å²) in [4.78, 5) is 20.5. The molecule has 0 aliphatic heterocycles. The molecule has 0 atom stereocenters. The lowest BCUT2D eigenvalue weighted by molar-refractivity contribution is 0.102. The zero-order valence-corrected chi connectivity index (χ0v) is 17.7. The van der Waals surface area contributed by atoms with Crippen LogP contribution < -0.4 is 10.0 Å². The lowest BCUT2D eigenvalue weighted by Crippen LogP contribution is -2.16. The maximum absolute atomic E-state index is 12.6. The van der Waals surface area contributed by atoms with Crippen LogP contribution in [0.5, 0.6) is 0 Å². The first kappa shape index (κ1) is 21.0. The van der Waals surface area contributed by atoms with Crippen LogP contribution in [0.1, 0.15) is 21.7 Å². The number of hydrogen-bond acceptors (Lipinski definition) is 5. The Morgan fingerprint density at radius 1 is 0.931 bits per heavy atom. The average Bonchev–Trinajstić information content (AvgIpc) is 2.63. The largest absolute Gasteiger partial charge is 0.322 e. The Balaban J connectivity index is 1.77. The Labute approximate surface area is 178 Å². The van der Waals surface area contributed by atoms with Crippen molar-refractivity contribution < 1.29 is 13.2 Å². The lowest BCUT2D eigenvalue weighted by Gasteiger charge is -2.10. The standard InChI is InChI=1S/C19H16Cl2N4O3S/c1-11-9-12(2)23-19(22-11)25-29(27,28)15-6-4-14(5-7-15)24-18(26)16-10-13(20)3-8-17(16)21/h3-10H,1-2H3,(H,24,26)(H,22,23,25). The topological polar surface area (TPSA) is 101 Å². The van der Waals surface area contributed by atoms with E-state index in [1.165, 1.54) is 36.4 Å². The van der Waals surface area contributed by atoms with Crippen molar-refractivity contribution in [2.24, 2.45) is 0 Å². The number of rotatable bonds is 5. The monoisotopic (exact) mass is 450 g/mol. The molecule has 7 nitrogen and oxygen atoms in total. The minimum Gasteiger partial charge on any atom is -0.322 e. The van der Waals surface area contributed by atoms with Gasteiger partial charge < -0.3 is 5.32 Å². The molecule has 0 aliphatic carbocycles. The van der Waals surface area contributed by atoms with Crippen molar-refractivity contribution in [3.63, 3.8) is 0 Å². The van der Waals surface area contributed by atoms with Crippen LogP contribution in [0, 0.1) is 13.8 Å². The van der Waals surface area contributed by atoms with Gasteiger partial charge in [-0.2, -0.15) is 0 Å². The number of hydrogen-bond donors (Lipinski definition) is 2. The van der Waals surface area contributed by atoms with E-state index in [9.17, 15) is 13.2 Å². The molecule has 0 radical (unpaired) electrons. The molecule has 1 aromatic heterocycles. The highest BCUT2D eigenvalue weighted by molar-refractivity contribution is 7.92. The highest BCUT2D eigenvalue weighted by Gasteiger charge is 2.17. The molecule has 1 heterocycles. The van der Waals surface area contributed by atoms with E-state index in [1.807, 2.05) is 0 Å². The highest BCUT2D eigenvalue weighted by Crippen LogP contribution is 2.23. The van der Waals surface area contributed by atoms with E-state index in [0.29, 0.717) is 22.1 Å². The van der Waals surface area contributed by atoms with Crippen molar-refractivity contribution in [2.45, 2.75) is 18.7 Å². The van der Waals surface area contributed by atoms with E-state index >= 15 is 0 Å². The molecule has 0 bridgehead atoms. The molecule has 29 heavy (non-hydrogen) atoms. The number of sulfonamides is 1. The van der Waals surface area contributed by atoms with Gasteiger partial charge in [-0.1, -0.05) is 23.2 Å². The molecule has 0 fully saturated rings. The van der Waals surface area contributed by atoms with Crippen molar-refractivity contribution in [1.82, 2.24) is 9.97 Å². The predicted molar refractivity (Wildman–Crippen MR) is 113 cm³/mol. The van der Waals surface area contributed by atoms with E-state index in [0.717, 1.165) is 0 Å². The summed E-state index contributed by atoms with van der Waals surface area (Å²) in [6.07, 6.45) is 0. The van der Waals surface area contributed by atoms with Crippen LogP contribution in [-0.2, 0) is 10.0 Å². The summed E-state index contributed by atoms with van der Waals surface area (Å²) in [7, 11) is -3.88. The van der Waals surface area contributed by atoms with Crippen LogP contribution >= 0.6 is 23.2 Å². The zero-order chi connectivity index (χ0) is 21.2. The van der Waals surface area contributed by atoms with Gasteiger partial charge in [-0.05, 0) is 62.4 Å². The van der Waals surface area contributed by atoms with Crippen molar-refractivity contribution in [1.29, 1.82) is 0 Å². The van der Waals surface area contributed by atoms with Crippen molar-refractivity contribution in [2.75, 3.05) is 10.0 Å². The molecule has 0 aliphatic rings. The van der Waals surface area contributed by atoms with Crippen LogP contribution in [0.15, 0.2) is 53.4 Å². The zero-order valence-electron chi connectivity index (χ0n) is 15.4. The Kier molecular flexibility index (Phi) is 6.07. The highest BCUT2D eigenvalue weighted by atomic mass is 35.5. The van der Waals surface area contributed by atoms with Crippen LogP contribution in [0.25, 0.3) is 0 Å². The number of nitrogens with zero attached hydrogens (tertiary/aromatic N) is 2. The number of halogens is 2. The lowest BCUT2D eigenvalue weighted by atomic mass is 10.2. The van der Waals surface area contributed by atoms with Gasteiger partial charge >= 0.3 is 0 Å². The Morgan fingerprint density at radius 3 is 2.17 bits per heavy atom. The minimum atomic E-state index is -3.88. The molecular formula is C19H16Cl2N4O3S. The van der Waals surface area contributed by atoms with Crippen LogP contribution in [-0.4, -0.2) is 24.3 Å². The summed E-state index contributed by atoms with van der Waals surface area (Å²) < 4.78 is 27.4. The van der Waals surface area contributed by atoms with Gasteiger partial charge in [0.1, 0.15) is 0 Å². The third-order valence-corrected chi connectivity index (χ3v) is 5.71. The molecule has 150 valence electrons. The second kappa shape index (κ2) is 8.36. The van der Waals surface area contributed by atoms with Gasteiger partial charge in [-0.3, -0.25) is 4.79 Å². The first-order valence-electron chi connectivity index (χ1n) is 8.35. The summed E-state index contributed by atoms with van der Waals surface area (Å²) in [5.74, 6) is -0.467. The fourth-order valence-electron chi connectivity index (χ4n) is 2.54. The average molecular weight is 451 g/mol. The number of aryl methyl sites for hydroxylation is 2. The molecule has 2 aromatic carbocycles. The van der Waals surface area contributed by atoms with Gasteiger partial charge in [0.05, 0.1) is 15.5 Å². The number of carbonyl (C=O) groups is 1. The summed E-state index contributed by atoms with van der Waals surface area (Å²) in [5.41, 5.74) is 1.90. The summed E-state index contributed by atoms with van der Waals surface area (Å²) >= 11 is 11.9. The van der Waals surface area contributed by atoms with E-state index < -0.39 is 15.9 Å². The number of anilines is 2. The maximum Gasteiger partial charge on any atom is 0.264 e. The Hall–Kier alpha value is -2.68.